The quantitative estimate of drug-likeness (QED) is 0.862. The van der Waals surface area contributed by atoms with Crippen molar-refractivity contribution in [3.63, 3.8) is 0 Å². The first-order valence-corrected chi connectivity index (χ1v) is 7.71. The third-order valence-electron chi connectivity index (χ3n) is 4.72. The molecule has 0 heterocycles. The predicted octanol–water partition coefficient (Wildman–Crippen LogP) is 2.00. The van der Waals surface area contributed by atoms with Gasteiger partial charge in [0, 0.05) is 25.1 Å². The molecule has 3 heteroatoms. The van der Waals surface area contributed by atoms with Gasteiger partial charge in [0.15, 0.2) is 0 Å². The minimum absolute atomic E-state index is 0.251. The molecule has 21 heavy (non-hydrogen) atoms. The van der Waals surface area contributed by atoms with Crippen LogP contribution < -0.4 is 5.73 Å². The normalized spacial score (nSPS) is 25.7. The number of hydrogen-bond donors (Lipinski definition) is 1. The molecule has 2 atom stereocenters. The van der Waals surface area contributed by atoms with Crippen LogP contribution in [0.2, 0.25) is 0 Å². The van der Waals surface area contributed by atoms with Gasteiger partial charge in [0.05, 0.1) is 6.54 Å². The molecule has 2 aliphatic rings. The summed E-state index contributed by atoms with van der Waals surface area (Å²) in [6.45, 7) is 0.980. The maximum Gasteiger partial charge on any atom is 0.225 e. The second kappa shape index (κ2) is 5.91. The molecular formula is C18H22N2O. The second-order valence-electron chi connectivity index (χ2n) is 6.28. The Morgan fingerprint density at radius 1 is 1.29 bits per heavy atom. The van der Waals surface area contributed by atoms with Crippen LogP contribution in [-0.2, 0) is 11.3 Å². The molecule has 2 N–H and O–H groups in total. The molecule has 0 saturated heterocycles. The number of nitrogens with zero attached hydrogens (tertiary/aromatic N) is 1. The minimum Gasteiger partial charge on any atom is -0.341 e. The zero-order valence-corrected chi connectivity index (χ0v) is 12.5. The average Bonchev–Trinajstić information content (AvgIpc) is 3.11. The number of rotatable bonds is 3. The Balaban J connectivity index is 1.66. The Hall–Kier alpha value is -1.79. The molecule has 2 aliphatic carbocycles. The number of benzene rings is 1. The largest absolute Gasteiger partial charge is 0.341 e. The van der Waals surface area contributed by atoms with E-state index in [4.69, 9.17) is 5.73 Å². The van der Waals surface area contributed by atoms with Gasteiger partial charge >= 0.3 is 0 Å². The van der Waals surface area contributed by atoms with Crippen LogP contribution in [0.3, 0.4) is 0 Å². The lowest BCUT2D eigenvalue weighted by molar-refractivity contribution is -0.134. The lowest BCUT2D eigenvalue weighted by Crippen LogP contribution is -2.32. The number of amides is 1. The molecule has 0 bridgehead atoms. The smallest absolute Gasteiger partial charge is 0.225 e. The van der Waals surface area contributed by atoms with E-state index in [1.54, 1.807) is 0 Å². The first-order chi connectivity index (χ1) is 10.2. The van der Waals surface area contributed by atoms with Crippen molar-refractivity contribution in [3.05, 3.63) is 35.4 Å². The maximum atomic E-state index is 12.5. The van der Waals surface area contributed by atoms with E-state index in [1.807, 2.05) is 36.2 Å². The number of nitrogens with two attached hydrogens (primary N) is 1. The maximum absolute atomic E-state index is 12.5. The van der Waals surface area contributed by atoms with Crippen LogP contribution in [-0.4, -0.2) is 24.4 Å². The summed E-state index contributed by atoms with van der Waals surface area (Å²) in [6, 6.07) is 7.99. The lowest BCUT2D eigenvalue weighted by atomic mass is 10.0. The number of carbonyl (C=O) groups is 1. The third kappa shape index (κ3) is 3.11. The number of carbonyl (C=O) groups excluding carboxylic acids is 1. The summed E-state index contributed by atoms with van der Waals surface area (Å²) in [4.78, 5) is 14.4. The Bertz CT molecular complexity index is 589. The zero-order valence-electron chi connectivity index (χ0n) is 12.5. The fourth-order valence-electron chi connectivity index (χ4n) is 3.49. The van der Waals surface area contributed by atoms with Crippen LogP contribution in [0.1, 0.15) is 30.4 Å². The van der Waals surface area contributed by atoms with Crippen LogP contribution in [0.4, 0.5) is 0 Å². The van der Waals surface area contributed by atoms with Gasteiger partial charge in [-0.15, -0.1) is 0 Å². The van der Waals surface area contributed by atoms with Crippen molar-refractivity contribution in [2.75, 3.05) is 13.6 Å². The third-order valence-corrected chi connectivity index (χ3v) is 4.72. The van der Waals surface area contributed by atoms with Crippen LogP contribution in [0, 0.1) is 29.6 Å². The van der Waals surface area contributed by atoms with Crippen LogP contribution in [0.15, 0.2) is 24.3 Å². The zero-order chi connectivity index (χ0) is 14.8. The summed E-state index contributed by atoms with van der Waals surface area (Å²) in [5, 5.41) is 0. The molecule has 2 saturated carbocycles. The van der Waals surface area contributed by atoms with E-state index in [-0.39, 0.29) is 5.92 Å². The van der Waals surface area contributed by atoms with Gasteiger partial charge in [-0.1, -0.05) is 30.0 Å². The SMILES string of the molecule is CN(Cc1ccccc1C#CCN)C(=O)C1CC2CC2C1. The van der Waals surface area contributed by atoms with Gasteiger partial charge in [0.2, 0.25) is 5.91 Å². The summed E-state index contributed by atoms with van der Waals surface area (Å²) in [6.07, 6.45) is 3.55. The first-order valence-electron chi connectivity index (χ1n) is 7.71. The number of hydrogen-bond acceptors (Lipinski definition) is 2. The molecule has 2 unspecified atom stereocenters. The highest BCUT2D eigenvalue weighted by atomic mass is 16.2. The van der Waals surface area contributed by atoms with Crippen LogP contribution in [0.25, 0.3) is 0 Å². The molecule has 1 aromatic rings. The molecule has 3 rings (SSSR count). The molecule has 2 fully saturated rings. The van der Waals surface area contributed by atoms with Gasteiger partial charge in [-0.3, -0.25) is 4.79 Å². The molecule has 3 nitrogen and oxygen atoms in total. The Morgan fingerprint density at radius 2 is 2.00 bits per heavy atom. The highest BCUT2D eigenvalue weighted by Crippen LogP contribution is 2.54. The molecule has 0 aromatic heterocycles. The fraction of sp³-hybridized carbons (Fsp3) is 0.500. The van der Waals surface area contributed by atoms with Gasteiger partial charge in [-0.2, -0.15) is 0 Å². The van der Waals surface area contributed by atoms with Gasteiger partial charge < -0.3 is 10.6 Å². The van der Waals surface area contributed by atoms with E-state index in [2.05, 4.69) is 11.8 Å². The average molecular weight is 282 g/mol. The van der Waals surface area contributed by atoms with E-state index in [1.165, 1.54) is 6.42 Å². The predicted molar refractivity (Wildman–Crippen MR) is 83.2 cm³/mol. The van der Waals surface area contributed by atoms with Crippen molar-refractivity contribution in [2.24, 2.45) is 23.5 Å². The van der Waals surface area contributed by atoms with Gasteiger partial charge in [0.25, 0.3) is 0 Å². The monoisotopic (exact) mass is 282 g/mol. The summed E-state index contributed by atoms with van der Waals surface area (Å²) in [5.74, 6) is 8.21. The molecule has 1 aromatic carbocycles. The van der Waals surface area contributed by atoms with Crippen LogP contribution in [0.5, 0.6) is 0 Å². The minimum atomic E-state index is 0.251. The highest BCUT2D eigenvalue weighted by molar-refractivity contribution is 5.79. The summed E-state index contributed by atoms with van der Waals surface area (Å²) in [5.41, 5.74) is 7.50. The summed E-state index contributed by atoms with van der Waals surface area (Å²) in [7, 11) is 1.90. The molecule has 1 amide bonds. The number of fused-ring (bicyclic) bond motifs is 1. The summed E-state index contributed by atoms with van der Waals surface area (Å²) >= 11 is 0. The van der Waals surface area contributed by atoms with Crippen molar-refractivity contribution < 1.29 is 4.79 Å². The van der Waals surface area contributed by atoms with E-state index < -0.39 is 0 Å². The van der Waals surface area contributed by atoms with Crippen molar-refractivity contribution in [1.82, 2.24) is 4.90 Å². The van der Waals surface area contributed by atoms with E-state index in [9.17, 15) is 4.79 Å². The Morgan fingerprint density at radius 3 is 2.71 bits per heavy atom. The standard InChI is InChI=1S/C18H22N2O/c1-20(18(21)17-10-15-9-16(15)11-17)12-14-6-3-2-5-13(14)7-4-8-19/h2-3,5-6,15-17H,8-12,19H2,1H3. The summed E-state index contributed by atoms with van der Waals surface area (Å²) < 4.78 is 0. The van der Waals surface area contributed by atoms with Crippen molar-refractivity contribution in [1.29, 1.82) is 0 Å². The highest BCUT2D eigenvalue weighted by Gasteiger charge is 2.48. The van der Waals surface area contributed by atoms with Gasteiger partial charge in [0.1, 0.15) is 0 Å². The Kier molecular flexibility index (Phi) is 3.98. The second-order valence-corrected chi connectivity index (χ2v) is 6.28. The fourth-order valence-corrected chi connectivity index (χ4v) is 3.49. The van der Waals surface area contributed by atoms with E-state index in [0.717, 1.165) is 35.8 Å². The molecular weight excluding hydrogens is 260 g/mol. The molecule has 0 spiro atoms. The van der Waals surface area contributed by atoms with Crippen molar-refractivity contribution in [2.45, 2.75) is 25.8 Å². The van der Waals surface area contributed by atoms with E-state index in [0.29, 0.717) is 19.0 Å². The van der Waals surface area contributed by atoms with Crippen LogP contribution >= 0.6 is 0 Å². The first kappa shape index (κ1) is 14.2. The van der Waals surface area contributed by atoms with Gasteiger partial charge in [-0.05, 0) is 42.7 Å². The topological polar surface area (TPSA) is 46.3 Å². The molecule has 0 radical (unpaired) electrons. The van der Waals surface area contributed by atoms with Gasteiger partial charge in [-0.25, -0.2) is 0 Å². The van der Waals surface area contributed by atoms with E-state index >= 15 is 0 Å². The van der Waals surface area contributed by atoms with Crippen molar-refractivity contribution >= 4 is 5.91 Å². The lowest BCUT2D eigenvalue weighted by Gasteiger charge is -2.22. The molecule has 0 aliphatic heterocycles. The molecule has 110 valence electrons. The Labute approximate surface area is 126 Å². The van der Waals surface area contributed by atoms with Crippen molar-refractivity contribution in [3.8, 4) is 11.8 Å².